The zero-order valence-electron chi connectivity index (χ0n) is 18.3. The normalized spacial score (nSPS) is 18.6. The van der Waals surface area contributed by atoms with Gasteiger partial charge in [-0.15, -0.1) is 0 Å². The van der Waals surface area contributed by atoms with Gasteiger partial charge in [-0.05, 0) is 25.1 Å². The molecular weight excluding hydrogens is 382 g/mol. The molecule has 0 spiro atoms. The first-order chi connectivity index (χ1) is 14.4. The number of amides is 3. The molecule has 8 heteroatoms. The van der Waals surface area contributed by atoms with Gasteiger partial charge in [0.25, 0.3) is 0 Å². The number of likely N-dealkylation sites (N-methyl/N-ethyl adjacent to an activating group) is 3. The van der Waals surface area contributed by atoms with Crippen molar-refractivity contribution in [3.8, 4) is 0 Å². The van der Waals surface area contributed by atoms with Crippen molar-refractivity contribution in [1.29, 1.82) is 0 Å². The topological polar surface area (TPSA) is 67.4 Å². The fourth-order valence-corrected chi connectivity index (χ4v) is 3.87. The number of hydrogen-bond donors (Lipinski definition) is 0. The molecule has 8 nitrogen and oxygen atoms in total. The highest BCUT2D eigenvalue weighted by molar-refractivity contribution is 6.35. The minimum absolute atomic E-state index is 0.0206. The van der Waals surface area contributed by atoms with Gasteiger partial charge < -0.3 is 19.6 Å². The maximum absolute atomic E-state index is 12.6. The molecule has 2 fully saturated rings. The largest absolute Gasteiger partial charge is 0.340 e. The van der Waals surface area contributed by atoms with Crippen molar-refractivity contribution in [2.75, 3.05) is 66.5 Å². The van der Waals surface area contributed by atoms with Gasteiger partial charge in [-0.2, -0.15) is 0 Å². The molecular formula is C22H33N5O3. The second kappa shape index (κ2) is 10.0. The van der Waals surface area contributed by atoms with Crippen LogP contribution < -0.4 is 0 Å². The van der Waals surface area contributed by atoms with E-state index in [-0.39, 0.29) is 12.5 Å². The van der Waals surface area contributed by atoms with Crippen molar-refractivity contribution in [2.45, 2.75) is 20.0 Å². The average Bonchev–Trinajstić information content (AvgIpc) is 2.75. The lowest BCUT2D eigenvalue weighted by Crippen LogP contribution is -2.55. The van der Waals surface area contributed by atoms with Crippen LogP contribution in [-0.2, 0) is 27.5 Å². The number of carbonyl (C=O) groups excluding carboxylic acids is 3. The molecule has 0 unspecified atom stereocenters. The van der Waals surface area contributed by atoms with E-state index in [2.05, 4.69) is 29.0 Å². The minimum atomic E-state index is -0.603. The van der Waals surface area contributed by atoms with E-state index in [1.54, 1.807) is 11.9 Å². The van der Waals surface area contributed by atoms with E-state index in [0.717, 1.165) is 38.3 Å². The standard InChI is InChI=1S/C22H33N5O3/c1-4-26-13-14-27(17-20(26)28)22(30)21(29)24(3)15-18-5-7-19(8-6-18)16-25-11-9-23(2)10-12-25/h5-8H,4,9-17H2,1-3H3. The summed E-state index contributed by atoms with van der Waals surface area (Å²) in [5.74, 6) is -1.29. The Labute approximate surface area is 179 Å². The van der Waals surface area contributed by atoms with Crippen molar-refractivity contribution in [3.63, 3.8) is 0 Å². The summed E-state index contributed by atoms with van der Waals surface area (Å²) in [6, 6.07) is 8.22. The molecule has 3 rings (SSSR count). The van der Waals surface area contributed by atoms with Crippen molar-refractivity contribution in [2.24, 2.45) is 0 Å². The number of benzene rings is 1. The fourth-order valence-electron chi connectivity index (χ4n) is 3.87. The van der Waals surface area contributed by atoms with Crippen molar-refractivity contribution in [1.82, 2.24) is 24.5 Å². The maximum Gasteiger partial charge on any atom is 0.312 e. The average molecular weight is 416 g/mol. The molecule has 2 aliphatic rings. The molecule has 3 amide bonds. The summed E-state index contributed by atoms with van der Waals surface area (Å²) in [6.07, 6.45) is 0. The molecule has 164 valence electrons. The van der Waals surface area contributed by atoms with E-state index < -0.39 is 11.8 Å². The Morgan fingerprint density at radius 2 is 1.60 bits per heavy atom. The Morgan fingerprint density at radius 1 is 0.967 bits per heavy atom. The molecule has 0 aromatic heterocycles. The van der Waals surface area contributed by atoms with Crippen molar-refractivity contribution in [3.05, 3.63) is 35.4 Å². The van der Waals surface area contributed by atoms with Gasteiger partial charge in [-0.25, -0.2) is 0 Å². The summed E-state index contributed by atoms with van der Waals surface area (Å²) in [6.45, 7) is 9.03. The molecule has 2 heterocycles. The van der Waals surface area contributed by atoms with Gasteiger partial charge in [0.2, 0.25) is 5.91 Å². The van der Waals surface area contributed by atoms with Crippen LogP contribution in [0.5, 0.6) is 0 Å². The molecule has 2 aliphatic heterocycles. The summed E-state index contributed by atoms with van der Waals surface area (Å²) in [4.78, 5) is 46.4. The third-order valence-corrected chi connectivity index (χ3v) is 5.96. The Hall–Kier alpha value is -2.45. The molecule has 0 N–H and O–H groups in total. The van der Waals surface area contributed by atoms with Crippen LogP contribution in [-0.4, -0.2) is 109 Å². The third-order valence-electron chi connectivity index (χ3n) is 5.96. The summed E-state index contributed by atoms with van der Waals surface area (Å²) in [7, 11) is 3.78. The number of carbonyl (C=O) groups is 3. The lowest BCUT2D eigenvalue weighted by molar-refractivity contribution is -0.155. The van der Waals surface area contributed by atoms with Crippen LogP contribution in [0.2, 0.25) is 0 Å². The molecule has 1 aromatic carbocycles. The molecule has 30 heavy (non-hydrogen) atoms. The van der Waals surface area contributed by atoms with Gasteiger partial charge >= 0.3 is 11.8 Å². The Kier molecular flexibility index (Phi) is 7.44. The highest BCUT2D eigenvalue weighted by Crippen LogP contribution is 2.12. The second-order valence-electron chi connectivity index (χ2n) is 8.26. The van der Waals surface area contributed by atoms with E-state index in [4.69, 9.17) is 0 Å². The minimum Gasteiger partial charge on any atom is -0.340 e. The summed E-state index contributed by atoms with van der Waals surface area (Å²) in [5, 5.41) is 0. The van der Waals surface area contributed by atoms with E-state index in [1.165, 1.54) is 15.4 Å². The zero-order valence-corrected chi connectivity index (χ0v) is 18.3. The molecule has 2 saturated heterocycles. The van der Waals surface area contributed by atoms with Crippen LogP contribution in [0.15, 0.2) is 24.3 Å². The molecule has 0 aliphatic carbocycles. The first-order valence-electron chi connectivity index (χ1n) is 10.7. The van der Waals surface area contributed by atoms with Gasteiger partial charge in [0.15, 0.2) is 0 Å². The van der Waals surface area contributed by atoms with Gasteiger partial charge in [0.1, 0.15) is 6.54 Å². The predicted octanol–water partition coefficient (Wildman–Crippen LogP) is 0.0831. The smallest absolute Gasteiger partial charge is 0.312 e. The van der Waals surface area contributed by atoms with E-state index >= 15 is 0 Å². The Morgan fingerprint density at radius 3 is 2.20 bits per heavy atom. The first-order valence-corrected chi connectivity index (χ1v) is 10.7. The molecule has 0 bridgehead atoms. The summed E-state index contributed by atoms with van der Waals surface area (Å²) < 4.78 is 0. The number of piperazine rings is 2. The highest BCUT2D eigenvalue weighted by Gasteiger charge is 2.31. The van der Waals surface area contributed by atoms with E-state index in [0.29, 0.717) is 26.2 Å². The number of hydrogen-bond acceptors (Lipinski definition) is 5. The maximum atomic E-state index is 12.6. The van der Waals surface area contributed by atoms with E-state index in [1.807, 2.05) is 19.1 Å². The zero-order chi connectivity index (χ0) is 21.7. The van der Waals surface area contributed by atoms with Gasteiger partial charge in [0, 0.05) is 66.0 Å². The van der Waals surface area contributed by atoms with E-state index in [9.17, 15) is 14.4 Å². The van der Waals surface area contributed by atoms with Crippen LogP contribution >= 0.6 is 0 Å². The highest BCUT2D eigenvalue weighted by atomic mass is 16.2. The van der Waals surface area contributed by atoms with Crippen LogP contribution in [0.3, 0.4) is 0 Å². The molecule has 0 atom stereocenters. The summed E-state index contributed by atoms with van der Waals surface area (Å²) in [5.41, 5.74) is 2.23. The van der Waals surface area contributed by atoms with Gasteiger partial charge in [-0.1, -0.05) is 24.3 Å². The van der Waals surface area contributed by atoms with Crippen LogP contribution in [0.1, 0.15) is 18.1 Å². The third kappa shape index (κ3) is 5.58. The lowest BCUT2D eigenvalue weighted by atomic mass is 10.1. The molecule has 1 aromatic rings. The SMILES string of the molecule is CCN1CCN(C(=O)C(=O)N(C)Cc2ccc(CN3CCN(C)CC3)cc2)CC1=O. The second-order valence-corrected chi connectivity index (χ2v) is 8.26. The van der Waals surface area contributed by atoms with Crippen molar-refractivity contribution >= 4 is 17.7 Å². The molecule has 0 saturated carbocycles. The Balaban J connectivity index is 1.50. The van der Waals surface area contributed by atoms with Crippen LogP contribution in [0.25, 0.3) is 0 Å². The summed E-state index contributed by atoms with van der Waals surface area (Å²) >= 11 is 0. The van der Waals surface area contributed by atoms with Gasteiger partial charge in [0.05, 0.1) is 0 Å². The fraction of sp³-hybridized carbons (Fsp3) is 0.591. The number of rotatable bonds is 5. The monoisotopic (exact) mass is 415 g/mol. The number of nitrogens with zero attached hydrogens (tertiary/aromatic N) is 5. The molecule has 0 radical (unpaired) electrons. The van der Waals surface area contributed by atoms with Gasteiger partial charge in [-0.3, -0.25) is 19.3 Å². The van der Waals surface area contributed by atoms with Crippen molar-refractivity contribution < 1.29 is 14.4 Å². The van der Waals surface area contributed by atoms with Crippen LogP contribution in [0, 0.1) is 0 Å². The lowest BCUT2D eigenvalue weighted by Gasteiger charge is -2.34. The first kappa shape index (κ1) is 22.2. The quantitative estimate of drug-likeness (QED) is 0.638. The van der Waals surface area contributed by atoms with Crippen LogP contribution in [0.4, 0.5) is 0 Å². The predicted molar refractivity (Wildman–Crippen MR) is 115 cm³/mol. The Bertz CT molecular complexity index is 759.